The highest BCUT2D eigenvalue weighted by molar-refractivity contribution is 6.30. The van der Waals surface area contributed by atoms with Crippen LogP contribution in [0.5, 0.6) is 5.75 Å². The topological polar surface area (TPSA) is 63.5 Å². The Labute approximate surface area is 195 Å². The van der Waals surface area contributed by atoms with Gasteiger partial charge >= 0.3 is 0 Å². The first-order valence-corrected chi connectivity index (χ1v) is 11.4. The number of halogens is 1. The fourth-order valence-corrected chi connectivity index (χ4v) is 3.87. The van der Waals surface area contributed by atoms with Gasteiger partial charge < -0.3 is 19.4 Å². The van der Waals surface area contributed by atoms with Gasteiger partial charge in [0.2, 0.25) is 0 Å². The second-order valence-corrected chi connectivity index (χ2v) is 9.04. The first-order valence-electron chi connectivity index (χ1n) is 11.0. The van der Waals surface area contributed by atoms with E-state index in [1.165, 1.54) is 0 Å². The van der Waals surface area contributed by atoms with Gasteiger partial charge in [-0.2, -0.15) is 0 Å². The minimum Gasteiger partial charge on any atom is -0.497 e. The van der Waals surface area contributed by atoms with Crippen molar-refractivity contribution in [1.29, 1.82) is 0 Å². The van der Waals surface area contributed by atoms with E-state index in [2.05, 4.69) is 23.9 Å². The summed E-state index contributed by atoms with van der Waals surface area (Å²) in [7, 11) is 1.65. The molecule has 2 aromatic carbocycles. The third-order valence-corrected chi connectivity index (χ3v) is 5.38. The zero-order valence-electron chi connectivity index (χ0n) is 19.0. The molecule has 1 aliphatic rings. The van der Waals surface area contributed by atoms with Crippen LogP contribution in [0.15, 0.2) is 53.7 Å². The van der Waals surface area contributed by atoms with E-state index in [4.69, 9.17) is 25.9 Å². The summed E-state index contributed by atoms with van der Waals surface area (Å²) < 4.78 is 10.9. The predicted octanol–water partition coefficient (Wildman–Crippen LogP) is 4.38. The molecule has 0 saturated carbocycles. The van der Waals surface area contributed by atoms with Crippen LogP contribution in [-0.4, -0.2) is 61.3 Å². The van der Waals surface area contributed by atoms with Crippen molar-refractivity contribution >= 4 is 17.3 Å². The molecule has 3 rings (SSSR count). The Balaban J connectivity index is 1.60. The Kier molecular flexibility index (Phi) is 9.36. The van der Waals surface area contributed by atoms with Gasteiger partial charge in [0.25, 0.3) is 0 Å². The van der Waals surface area contributed by atoms with Crippen LogP contribution in [0, 0.1) is 5.92 Å². The van der Waals surface area contributed by atoms with E-state index in [1.54, 1.807) is 7.11 Å². The average Bonchev–Trinajstić information content (AvgIpc) is 3.22. The summed E-state index contributed by atoms with van der Waals surface area (Å²) in [4.78, 5) is 7.91. The van der Waals surface area contributed by atoms with Crippen LogP contribution >= 0.6 is 11.6 Å². The highest BCUT2D eigenvalue weighted by Gasteiger charge is 2.26. The monoisotopic (exact) mass is 460 g/mol. The van der Waals surface area contributed by atoms with Gasteiger partial charge in [0.1, 0.15) is 11.9 Å². The van der Waals surface area contributed by atoms with E-state index < -0.39 is 6.10 Å². The first kappa shape index (κ1) is 24.5. The fraction of sp³-hybridized carbons (Fsp3) is 0.480. The number of aliphatic hydroxyl groups excluding tert-OH is 1. The largest absolute Gasteiger partial charge is 0.497 e. The van der Waals surface area contributed by atoms with Crippen molar-refractivity contribution in [1.82, 2.24) is 4.90 Å². The van der Waals surface area contributed by atoms with E-state index in [-0.39, 0.29) is 6.10 Å². The second kappa shape index (κ2) is 12.2. The molecular formula is C25H33ClN2O4. The lowest BCUT2D eigenvalue weighted by atomic mass is 10.0. The molecule has 1 aliphatic heterocycles. The number of oxime groups is 1. The molecule has 1 heterocycles. The molecule has 1 N–H and O–H groups in total. The normalized spacial score (nSPS) is 16.8. The molecule has 2 aromatic rings. The minimum absolute atomic E-state index is 0.0879. The molecule has 174 valence electrons. The molecule has 2 atom stereocenters. The van der Waals surface area contributed by atoms with E-state index in [1.807, 2.05) is 48.5 Å². The van der Waals surface area contributed by atoms with Gasteiger partial charge in [-0.25, -0.2) is 0 Å². The SMILES string of the molecule is COc1ccc(C2=NOC(CN(Cc3cccc(Cl)c3)CC(O)COCC(C)C)C2)cc1. The van der Waals surface area contributed by atoms with Gasteiger partial charge in [0.05, 0.1) is 25.5 Å². The van der Waals surface area contributed by atoms with Crippen molar-refractivity contribution < 1.29 is 19.4 Å². The van der Waals surface area contributed by atoms with E-state index in [9.17, 15) is 5.11 Å². The molecule has 6 nitrogen and oxygen atoms in total. The van der Waals surface area contributed by atoms with E-state index in [0.29, 0.717) is 50.2 Å². The molecule has 0 fully saturated rings. The molecule has 0 aromatic heterocycles. The van der Waals surface area contributed by atoms with Crippen LogP contribution in [0.25, 0.3) is 0 Å². The molecule has 0 amide bonds. The Bertz CT molecular complexity index is 873. The van der Waals surface area contributed by atoms with Crippen LogP contribution in [0.4, 0.5) is 0 Å². The molecule has 0 bridgehead atoms. The first-order chi connectivity index (χ1) is 15.4. The molecule has 0 spiro atoms. The summed E-state index contributed by atoms with van der Waals surface area (Å²) in [5.41, 5.74) is 3.03. The number of hydrogen-bond acceptors (Lipinski definition) is 6. The molecule has 0 aliphatic carbocycles. The van der Waals surface area contributed by atoms with Crippen molar-refractivity contribution in [2.45, 2.75) is 39.0 Å². The maximum Gasteiger partial charge on any atom is 0.145 e. The Morgan fingerprint density at radius 2 is 1.97 bits per heavy atom. The van der Waals surface area contributed by atoms with E-state index >= 15 is 0 Å². The van der Waals surface area contributed by atoms with Crippen LogP contribution < -0.4 is 4.74 Å². The molecule has 7 heteroatoms. The number of methoxy groups -OCH3 is 1. The molecule has 2 unspecified atom stereocenters. The lowest BCUT2D eigenvalue weighted by Crippen LogP contribution is -2.39. The van der Waals surface area contributed by atoms with Gasteiger partial charge in [0.15, 0.2) is 0 Å². The zero-order valence-corrected chi connectivity index (χ0v) is 19.8. The van der Waals surface area contributed by atoms with Crippen molar-refractivity contribution in [3.8, 4) is 5.75 Å². The van der Waals surface area contributed by atoms with Gasteiger partial charge in [-0.3, -0.25) is 4.90 Å². The number of ether oxygens (including phenoxy) is 2. The number of rotatable bonds is 12. The molecule has 32 heavy (non-hydrogen) atoms. The summed E-state index contributed by atoms with van der Waals surface area (Å²) in [6.45, 7) is 6.89. The predicted molar refractivity (Wildman–Crippen MR) is 127 cm³/mol. The molecular weight excluding hydrogens is 428 g/mol. The molecule has 0 radical (unpaired) electrons. The standard InChI is InChI=1S/C25H33ClN2O4/c1-18(2)16-31-17-22(29)14-28(13-19-5-4-6-21(26)11-19)15-24-12-25(27-32-24)20-7-9-23(30-3)10-8-20/h4-11,18,22,24,29H,12-17H2,1-3H3. The van der Waals surface area contributed by atoms with Gasteiger partial charge in [-0.05, 0) is 53.4 Å². The maximum absolute atomic E-state index is 10.5. The van der Waals surface area contributed by atoms with Crippen molar-refractivity contribution in [2.75, 3.05) is 33.4 Å². The lowest BCUT2D eigenvalue weighted by Gasteiger charge is -2.27. The third kappa shape index (κ3) is 7.78. The highest BCUT2D eigenvalue weighted by atomic mass is 35.5. The Hall–Kier alpha value is -2.12. The number of benzene rings is 2. The van der Waals surface area contributed by atoms with Gasteiger partial charge in [-0.15, -0.1) is 0 Å². The smallest absolute Gasteiger partial charge is 0.145 e. The van der Waals surface area contributed by atoms with Crippen LogP contribution in [0.1, 0.15) is 31.4 Å². The minimum atomic E-state index is -0.587. The summed E-state index contributed by atoms with van der Waals surface area (Å²) in [5.74, 6) is 1.25. The summed E-state index contributed by atoms with van der Waals surface area (Å²) in [6.07, 6.45) is 0.0320. The summed E-state index contributed by atoms with van der Waals surface area (Å²) in [5, 5.41) is 15.5. The van der Waals surface area contributed by atoms with Crippen LogP contribution in [-0.2, 0) is 16.1 Å². The van der Waals surface area contributed by atoms with Crippen molar-refractivity contribution in [3.05, 3.63) is 64.7 Å². The van der Waals surface area contributed by atoms with Crippen molar-refractivity contribution in [2.24, 2.45) is 11.1 Å². The number of aliphatic hydroxyl groups is 1. The number of nitrogens with zero attached hydrogens (tertiary/aromatic N) is 2. The zero-order chi connectivity index (χ0) is 22.9. The van der Waals surface area contributed by atoms with Crippen LogP contribution in [0.2, 0.25) is 5.02 Å². The van der Waals surface area contributed by atoms with Crippen LogP contribution in [0.3, 0.4) is 0 Å². The summed E-state index contributed by atoms with van der Waals surface area (Å²) in [6, 6.07) is 15.6. The second-order valence-electron chi connectivity index (χ2n) is 8.61. The quantitative estimate of drug-likeness (QED) is 0.509. The third-order valence-electron chi connectivity index (χ3n) is 5.14. The van der Waals surface area contributed by atoms with Gasteiger partial charge in [0, 0.05) is 37.7 Å². The summed E-state index contributed by atoms with van der Waals surface area (Å²) >= 11 is 6.17. The van der Waals surface area contributed by atoms with Gasteiger partial charge in [-0.1, -0.05) is 42.7 Å². The van der Waals surface area contributed by atoms with E-state index in [0.717, 1.165) is 22.6 Å². The van der Waals surface area contributed by atoms with Crippen molar-refractivity contribution in [3.63, 3.8) is 0 Å². The average molecular weight is 461 g/mol. The maximum atomic E-state index is 10.5. The molecule has 0 saturated heterocycles. The Morgan fingerprint density at radius 3 is 2.66 bits per heavy atom. The highest BCUT2D eigenvalue weighted by Crippen LogP contribution is 2.21. The lowest BCUT2D eigenvalue weighted by molar-refractivity contribution is -0.00734. The fourth-order valence-electron chi connectivity index (χ4n) is 3.66. The Morgan fingerprint density at radius 1 is 1.19 bits per heavy atom. The number of hydrogen-bond donors (Lipinski definition) is 1.